The van der Waals surface area contributed by atoms with E-state index in [0.717, 1.165) is 21.9 Å². The highest BCUT2D eigenvalue weighted by molar-refractivity contribution is 7.99. The van der Waals surface area contributed by atoms with Crippen molar-refractivity contribution in [2.24, 2.45) is 0 Å². The second-order valence-electron chi connectivity index (χ2n) is 6.77. The molecular weight excluding hydrogens is 382 g/mol. The van der Waals surface area contributed by atoms with Crippen LogP contribution in [-0.4, -0.2) is 21.9 Å². The number of fused-ring (bicyclic) bond motifs is 1. The second-order valence-corrected chi connectivity index (χ2v) is 7.70. The zero-order valence-electron chi connectivity index (χ0n) is 16.0. The molecule has 4 rings (SSSR count). The van der Waals surface area contributed by atoms with Gasteiger partial charge in [0.1, 0.15) is 0 Å². The van der Waals surface area contributed by atoms with Crippen LogP contribution in [0.5, 0.6) is 0 Å². The summed E-state index contributed by atoms with van der Waals surface area (Å²) in [5.74, 6) is 0.698. The minimum Gasteiger partial charge on any atom is -0.416 e. The normalized spacial score (nSPS) is 12.0. The van der Waals surface area contributed by atoms with E-state index in [1.807, 2.05) is 61.5 Å². The Morgan fingerprint density at radius 2 is 1.76 bits per heavy atom. The summed E-state index contributed by atoms with van der Waals surface area (Å²) in [5.41, 5.74) is 2.21. The van der Waals surface area contributed by atoms with Gasteiger partial charge in [0.15, 0.2) is 0 Å². The molecule has 0 saturated heterocycles. The number of hydrogen-bond acceptors (Lipinski definition) is 5. The third-order valence-corrected chi connectivity index (χ3v) is 5.46. The van der Waals surface area contributed by atoms with Crippen LogP contribution in [0.1, 0.15) is 30.0 Å². The fourth-order valence-corrected chi connectivity index (χ4v) is 3.85. The number of aromatic nitrogens is 2. The van der Waals surface area contributed by atoms with E-state index in [9.17, 15) is 4.79 Å². The summed E-state index contributed by atoms with van der Waals surface area (Å²) >= 11 is 1.25. The van der Waals surface area contributed by atoms with Crippen molar-refractivity contribution in [3.63, 3.8) is 0 Å². The quantitative estimate of drug-likeness (QED) is 0.450. The average molecular weight is 404 g/mol. The Bertz CT molecular complexity index is 1110. The lowest BCUT2D eigenvalue weighted by Gasteiger charge is -2.16. The summed E-state index contributed by atoms with van der Waals surface area (Å²) in [6, 6.07) is 24.2. The van der Waals surface area contributed by atoms with Crippen LogP contribution in [-0.2, 0) is 11.2 Å². The Morgan fingerprint density at radius 1 is 1.00 bits per heavy atom. The van der Waals surface area contributed by atoms with Crippen molar-refractivity contribution >= 4 is 28.4 Å². The van der Waals surface area contributed by atoms with Crippen LogP contribution in [0, 0.1) is 0 Å². The van der Waals surface area contributed by atoms with E-state index < -0.39 is 0 Å². The molecule has 1 aromatic heterocycles. The number of carbonyl (C=O) groups excluding carboxylic acids is 1. The highest BCUT2D eigenvalue weighted by Crippen LogP contribution is 2.24. The maximum atomic E-state index is 12.4. The Kier molecular flexibility index (Phi) is 5.91. The highest BCUT2D eigenvalue weighted by Gasteiger charge is 2.14. The molecule has 0 fully saturated rings. The molecule has 146 valence electrons. The van der Waals surface area contributed by atoms with Gasteiger partial charge in [-0.1, -0.05) is 84.6 Å². The van der Waals surface area contributed by atoms with E-state index in [1.165, 1.54) is 11.8 Å². The molecule has 29 heavy (non-hydrogen) atoms. The van der Waals surface area contributed by atoms with Gasteiger partial charge in [0.25, 0.3) is 5.22 Å². The standard InChI is InChI=1S/C23H21N3O2S/c1-16(19-13-7-11-18-10-5-6-12-20(18)19)24-21(27)15-29-23-26-25-22(28-23)14-17-8-3-2-4-9-17/h2-13,16H,14-15H2,1H3,(H,24,27)/t16-/m0/s1. The number of benzene rings is 3. The Hall–Kier alpha value is -3.12. The van der Waals surface area contributed by atoms with Gasteiger partial charge in [-0.3, -0.25) is 4.79 Å². The minimum atomic E-state index is -0.0921. The maximum absolute atomic E-state index is 12.4. The third kappa shape index (κ3) is 4.84. The zero-order chi connectivity index (χ0) is 20.1. The molecule has 1 amide bonds. The minimum absolute atomic E-state index is 0.0711. The van der Waals surface area contributed by atoms with Crippen molar-refractivity contribution in [2.45, 2.75) is 24.6 Å². The van der Waals surface area contributed by atoms with Crippen LogP contribution in [0.25, 0.3) is 10.8 Å². The number of nitrogens with one attached hydrogen (secondary N) is 1. The van der Waals surface area contributed by atoms with Crippen molar-refractivity contribution < 1.29 is 9.21 Å². The van der Waals surface area contributed by atoms with Gasteiger partial charge in [0.05, 0.1) is 18.2 Å². The molecule has 1 N–H and O–H groups in total. The first kappa shape index (κ1) is 19.2. The number of thioether (sulfide) groups is 1. The van der Waals surface area contributed by atoms with Crippen molar-refractivity contribution in [1.82, 2.24) is 15.5 Å². The van der Waals surface area contributed by atoms with Crippen LogP contribution < -0.4 is 5.32 Å². The predicted molar refractivity (Wildman–Crippen MR) is 115 cm³/mol. The fraction of sp³-hybridized carbons (Fsp3) is 0.174. The van der Waals surface area contributed by atoms with Gasteiger partial charge >= 0.3 is 0 Å². The van der Waals surface area contributed by atoms with Crippen LogP contribution in [0.4, 0.5) is 0 Å². The maximum Gasteiger partial charge on any atom is 0.277 e. The van der Waals surface area contributed by atoms with Gasteiger partial charge < -0.3 is 9.73 Å². The molecule has 0 unspecified atom stereocenters. The molecule has 0 saturated carbocycles. The molecule has 0 bridgehead atoms. The van der Waals surface area contributed by atoms with Gasteiger partial charge in [-0.05, 0) is 28.8 Å². The molecule has 0 aliphatic carbocycles. The summed E-state index contributed by atoms with van der Waals surface area (Å²) in [6.45, 7) is 2.00. The summed E-state index contributed by atoms with van der Waals surface area (Å²) in [6.07, 6.45) is 0.582. The molecular formula is C23H21N3O2S. The monoisotopic (exact) mass is 403 g/mol. The lowest BCUT2D eigenvalue weighted by atomic mass is 10.00. The molecule has 0 spiro atoms. The van der Waals surface area contributed by atoms with Crippen molar-refractivity contribution in [2.75, 3.05) is 5.75 Å². The molecule has 1 atom stereocenters. The van der Waals surface area contributed by atoms with Gasteiger partial charge in [0, 0.05) is 0 Å². The summed E-state index contributed by atoms with van der Waals surface area (Å²) in [7, 11) is 0. The molecule has 1 heterocycles. The largest absolute Gasteiger partial charge is 0.416 e. The Balaban J connectivity index is 1.33. The van der Waals surface area contributed by atoms with Crippen LogP contribution in [0.3, 0.4) is 0 Å². The molecule has 0 aliphatic heterocycles. The van der Waals surface area contributed by atoms with Crippen LogP contribution in [0.15, 0.2) is 82.4 Å². The van der Waals surface area contributed by atoms with Gasteiger partial charge in [-0.2, -0.15) is 0 Å². The summed E-state index contributed by atoms with van der Waals surface area (Å²) < 4.78 is 5.65. The molecule has 0 aliphatic rings. The molecule has 6 heteroatoms. The topological polar surface area (TPSA) is 68.0 Å². The number of nitrogens with zero attached hydrogens (tertiary/aromatic N) is 2. The molecule has 4 aromatic rings. The number of amides is 1. The molecule has 0 radical (unpaired) electrons. The second kappa shape index (κ2) is 8.92. The van der Waals surface area contributed by atoms with E-state index in [2.05, 4.69) is 33.7 Å². The predicted octanol–water partition coefficient (Wildman–Crippen LogP) is 4.78. The van der Waals surface area contributed by atoms with Gasteiger partial charge in [-0.25, -0.2) is 0 Å². The summed E-state index contributed by atoms with van der Waals surface area (Å²) in [5, 5.41) is 13.9. The van der Waals surface area contributed by atoms with E-state index in [4.69, 9.17) is 4.42 Å². The zero-order valence-corrected chi connectivity index (χ0v) is 16.9. The average Bonchev–Trinajstić information content (AvgIpc) is 3.20. The van der Waals surface area contributed by atoms with E-state index in [-0.39, 0.29) is 17.7 Å². The lowest BCUT2D eigenvalue weighted by molar-refractivity contribution is -0.119. The summed E-state index contributed by atoms with van der Waals surface area (Å²) in [4.78, 5) is 12.4. The molecule has 5 nitrogen and oxygen atoms in total. The van der Waals surface area contributed by atoms with Gasteiger partial charge in [-0.15, -0.1) is 10.2 Å². The van der Waals surface area contributed by atoms with Crippen LogP contribution >= 0.6 is 11.8 Å². The van der Waals surface area contributed by atoms with Crippen molar-refractivity contribution in [1.29, 1.82) is 0 Å². The van der Waals surface area contributed by atoms with E-state index in [1.54, 1.807) is 0 Å². The first-order valence-corrected chi connectivity index (χ1v) is 10.4. The highest BCUT2D eigenvalue weighted by atomic mass is 32.2. The fourth-order valence-electron chi connectivity index (χ4n) is 3.25. The Labute approximate surface area is 173 Å². The third-order valence-electron chi connectivity index (χ3n) is 4.64. The van der Waals surface area contributed by atoms with Crippen molar-refractivity contribution in [3.8, 4) is 0 Å². The lowest BCUT2D eigenvalue weighted by Crippen LogP contribution is -2.28. The van der Waals surface area contributed by atoms with E-state index in [0.29, 0.717) is 17.5 Å². The van der Waals surface area contributed by atoms with E-state index >= 15 is 0 Å². The number of hydrogen-bond donors (Lipinski definition) is 1. The molecule has 3 aromatic carbocycles. The smallest absolute Gasteiger partial charge is 0.277 e. The van der Waals surface area contributed by atoms with Crippen molar-refractivity contribution in [3.05, 3.63) is 89.8 Å². The first-order valence-electron chi connectivity index (χ1n) is 9.45. The number of carbonyl (C=O) groups is 1. The first-order chi connectivity index (χ1) is 14.2. The number of rotatable bonds is 7. The SMILES string of the molecule is C[C@H](NC(=O)CSc1nnc(Cc2ccccc2)o1)c1cccc2ccccc12. The van der Waals surface area contributed by atoms with Crippen LogP contribution in [0.2, 0.25) is 0 Å². The van der Waals surface area contributed by atoms with Gasteiger partial charge in [0.2, 0.25) is 11.8 Å². The Morgan fingerprint density at radius 3 is 2.62 bits per heavy atom.